The first-order valence-corrected chi connectivity index (χ1v) is 7.25. The summed E-state index contributed by atoms with van der Waals surface area (Å²) in [5, 5.41) is 6.65. The molecule has 5 nitrogen and oxygen atoms in total. The lowest BCUT2D eigenvalue weighted by molar-refractivity contribution is 0.114. The standard InChI is InChI=1S/C15H24N4O.HI/c1-12-10-17-7-5-13(12)6-8-18-15(16-2)19-11-14-4-3-9-20-14;/h5,7,10,14H,3-4,6,8-9,11H2,1-2H3,(H2,16,18,19);1H. The Morgan fingerprint density at radius 3 is 3.00 bits per heavy atom. The minimum absolute atomic E-state index is 0. The SMILES string of the molecule is CN=C(NCCc1ccncc1C)NCC1CCCO1.I. The van der Waals surface area contributed by atoms with Gasteiger partial charge in [0, 0.05) is 39.1 Å². The highest BCUT2D eigenvalue weighted by molar-refractivity contribution is 14.0. The first-order valence-electron chi connectivity index (χ1n) is 7.25. The molecule has 1 aromatic rings. The molecule has 0 bridgehead atoms. The molecule has 0 amide bonds. The molecule has 1 aliphatic rings. The Hall–Kier alpha value is -0.890. The zero-order valence-electron chi connectivity index (χ0n) is 12.8. The Morgan fingerprint density at radius 2 is 2.33 bits per heavy atom. The van der Waals surface area contributed by atoms with E-state index in [4.69, 9.17) is 4.74 Å². The van der Waals surface area contributed by atoms with Crippen LogP contribution in [0.25, 0.3) is 0 Å². The summed E-state index contributed by atoms with van der Waals surface area (Å²) in [6.07, 6.45) is 7.35. The summed E-state index contributed by atoms with van der Waals surface area (Å²) in [7, 11) is 1.79. The van der Waals surface area contributed by atoms with Crippen LogP contribution in [-0.4, -0.2) is 43.8 Å². The number of hydrogen-bond donors (Lipinski definition) is 2. The molecule has 2 N–H and O–H groups in total. The second-order valence-corrected chi connectivity index (χ2v) is 5.07. The predicted molar refractivity (Wildman–Crippen MR) is 96.4 cm³/mol. The Bertz CT molecular complexity index is 447. The monoisotopic (exact) mass is 404 g/mol. The Labute approximate surface area is 144 Å². The van der Waals surface area contributed by atoms with Gasteiger partial charge < -0.3 is 15.4 Å². The molecule has 1 saturated heterocycles. The van der Waals surface area contributed by atoms with Gasteiger partial charge in [0.1, 0.15) is 0 Å². The van der Waals surface area contributed by atoms with Gasteiger partial charge in [0.15, 0.2) is 5.96 Å². The zero-order valence-corrected chi connectivity index (χ0v) is 15.1. The van der Waals surface area contributed by atoms with Crippen molar-refractivity contribution in [2.45, 2.75) is 32.3 Å². The van der Waals surface area contributed by atoms with Crippen molar-refractivity contribution in [2.24, 2.45) is 4.99 Å². The molecule has 0 saturated carbocycles. The van der Waals surface area contributed by atoms with Crippen LogP contribution in [0.5, 0.6) is 0 Å². The van der Waals surface area contributed by atoms with Crippen LogP contribution in [0.3, 0.4) is 0 Å². The van der Waals surface area contributed by atoms with Crippen molar-refractivity contribution < 1.29 is 4.74 Å². The summed E-state index contributed by atoms with van der Waals surface area (Å²) in [4.78, 5) is 8.34. The van der Waals surface area contributed by atoms with E-state index in [-0.39, 0.29) is 24.0 Å². The summed E-state index contributed by atoms with van der Waals surface area (Å²) in [5.41, 5.74) is 2.55. The molecule has 118 valence electrons. The van der Waals surface area contributed by atoms with E-state index in [9.17, 15) is 0 Å². The van der Waals surface area contributed by atoms with Crippen molar-refractivity contribution in [2.75, 3.05) is 26.7 Å². The molecule has 6 heteroatoms. The van der Waals surface area contributed by atoms with Crippen molar-refractivity contribution in [1.29, 1.82) is 0 Å². The fourth-order valence-electron chi connectivity index (χ4n) is 2.33. The van der Waals surface area contributed by atoms with Crippen molar-refractivity contribution in [3.05, 3.63) is 29.6 Å². The van der Waals surface area contributed by atoms with Crippen molar-refractivity contribution in [1.82, 2.24) is 15.6 Å². The van der Waals surface area contributed by atoms with Gasteiger partial charge in [0.25, 0.3) is 0 Å². The average molecular weight is 404 g/mol. The lowest BCUT2D eigenvalue weighted by atomic mass is 10.1. The Morgan fingerprint density at radius 1 is 1.48 bits per heavy atom. The van der Waals surface area contributed by atoms with Gasteiger partial charge in [0.2, 0.25) is 0 Å². The fraction of sp³-hybridized carbons (Fsp3) is 0.600. The number of guanidine groups is 1. The predicted octanol–water partition coefficient (Wildman–Crippen LogP) is 1.89. The minimum atomic E-state index is 0. The summed E-state index contributed by atoms with van der Waals surface area (Å²) >= 11 is 0. The molecule has 2 rings (SSSR count). The van der Waals surface area contributed by atoms with Gasteiger partial charge >= 0.3 is 0 Å². The molecule has 1 unspecified atom stereocenters. The highest BCUT2D eigenvalue weighted by Crippen LogP contribution is 2.10. The molecule has 0 spiro atoms. The molecule has 1 aromatic heterocycles. The molecule has 0 aliphatic carbocycles. The van der Waals surface area contributed by atoms with E-state index in [1.807, 2.05) is 12.4 Å². The minimum Gasteiger partial charge on any atom is -0.376 e. The summed E-state index contributed by atoms with van der Waals surface area (Å²) in [6.45, 7) is 4.66. The van der Waals surface area contributed by atoms with Gasteiger partial charge in [0.05, 0.1) is 6.10 Å². The molecule has 1 atom stereocenters. The first-order chi connectivity index (χ1) is 9.79. The van der Waals surface area contributed by atoms with Gasteiger partial charge in [-0.1, -0.05) is 0 Å². The summed E-state index contributed by atoms with van der Waals surface area (Å²) in [6, 6.07) is 2.07. The number of rotatable bonds is 5. The van der Waals surface area contributed by atoms with Gasteiger partial charge in [-0.3, -0.25) is 9.98 Å². The average Bonchev–Trinajstić information content (AvgIpc) is 2.98. The molecule has 0 aromatic carbocycles. The number of aromatic nitrogens is 1. The van der Waals surface area contributed by atoms with E-state index in [2.05, 4.69) is 33.6 Å². The fourth-order valence-corrected chi connectivity index (χ4v) is 2.33. The number of aryl methyl sites for hydroxylation is 1. The largest absolute Gasteiger partial charge is 0.376 e. The number of pyridine rings is 1. The van der Waals surface area contributed by atoms with Crippen molar-refractivity contribution >= 4 is 29.9 Å². The maximum absolute atomic E-state index is 5.59. The zero-order chi connectivity index (χ0) is 14.2. The van der Waals surface area contributed by atoms with E-state index in [1.165, 1.54) is 17.5 Å². The molecule has 0 radical (unpaired) electrons. The van der Waals surface area contributed by atoms with Crippen LogP contribution >= 0.6 is 24.0 Å². The molecule has 1 aliphatic heterocycles. The van der Waals surface area contributed by atoms with E-state index in [0.717, 1.165) is 38.5 Å². The third kappa shape index (κ3) is 6.17. The third-order valence-electron chi connectivity index (χ3n) is 3.57. The quantitative estimate of drug-likeness (QED) is 0.447. The molecule has 2 heterocycles. The molecule has 21 heavy (non-hydrogen) atoms. The van der Waals surface area contributed by atoms with Crippen LogP contribution < -0.4 is 10.6 Å². The van der Waals surface area contributed by atoms with E-state index >= 15 is 0 Å². The van der Waals surface area contributed by atoms with Crippen molar-refractivity contribution in [3.63, 3.8) is 0 Å². The summed E-state index contributed by atoms with van der Waals surface area (Å²) in [5.74, 6) is 0.840. The second kappa shape index (κ2) is 9.94. The summed E-state index contributed by atoms with van der Waals surface area (Å²) < 4.78 is 5.59. The van der Waals surface area contributed by atoms with Gasteiger partial charge in [-0.05, 0) is 43.4 Å². The van der Waals surface area contributed by atoms with Gasteiger partial charge in [-0.2, -0.15) is 0 Å². The normalized spacial score (nSPS) is 18.2. The topological polar surface area (TPSA) is 58.5 Å². The number of hydrogen-bond acceptors (Lipinski definition) is 3. The van der Waals surface area contributed by atoms with Crippen LogP contribution in [0.1, 0.15) is 24.0 Å². The number of nitrogens with one attached hydrogen (secondary N) is 2. The highest BCUT2D eigenvalue weighted by atomic mass is 127. The first kappa shape index (κ1) is 18.2. The van der Waals surface area contributed by atoms with E-state index in [1.54, 1.807) is 7.05 Å². The molecular formula is C15H25IN4O. The third-order valence-corrected chi connectivity index (χ3v) is 3.57. The lowest BCUT2D eigenvalue weighted by Crippen LogP contribution is -2.41. The van der Waals surface area contributed by atoms with Crippen LogP contribution in [-0.2, 0) is 11.2 Å². The second-order valence-electron chi connectivity index (χ2n) is 5.07. The Kier molecular flexibility index (Phi) is 8.60. The van der Waals surface area contributed by atoms with Crippen LogP contribution in [0.15, 0.2) is 23.5 Å². The maximum Gasteiger partial charge on any atom is 0.191 e. The highest BCUT2D eigenvalue weighted by Gasteiger charge is 2.15. The van der Waals surface area contributed by atoms with Crippen LogP contribution in [0, 0.1) is 6.92 Å². The van der Waals surface area contributed by atoms with Crippen molar-refractivity contribution in [3.8, 4) is 0 Å². The van der Waals surface area contributed by atoms with E-state index < -0.39 is 0 Å². The Balaban J connectivity index is 0.00000220. The lowest BCUT2D eigenvalue weighted by Gasteiger charge is -2.15. The number of halogens is 1. The maximum atomic E-state index is 5.59. The number of nitrogens with zero attached hydrogens (tertiary/aromatic N) is 2. The van der Waals surface area contributed by atoms with Gasteiger partial charge in [-0.15, -0.1) is 24.0 Å². The molecular weight excluding hydrogens is 379 g/mol. The van der Waals surface area contributed by atoms with Crippen LogP contribution in [0.4, 0.5) is 0 Å². The smallest absolute Gasteiger partial charge is 0.191 e. The van der Waals surface area contributed by atoms with E-state index in [0.29, 0.717) is 6.10 Å². The van der Waals surface area contributed by atoms with Crippen LogP contribution in [0.2, 0.25) is 0 Å². The van der Waals surface area contributed by atoms with Gasteiger partial charge in [-0.25, -0.2) is 0 Å². The number of aliphatic imine (C=N–C) groups is 1. The number of ether oxygens (including phenoxy) is 1. The molecule has 1 fully saturated rings.